The van der Waals surface area contributed by atoms with Crippen LogP contribution >= 0.6 is 23.2 Å². The fourth-order valence-electron chi connectivity index (χ4n) is 2.34. The summed E-state index contributed by atoms with van der Waals surface area (Å²) >= 11 is 12.5. The summed E-state index contributed by atoms with van der Waals surface area (Å²) in [5, 5.41) is 13.2. The van der Waals surface area contributed by atoms with Gasteiger partial charge in [0.15, 0.2) is 0 Å². The van der Waals surface area contributed by atoms with E-state index in [2.05, 4.69) is 5.10 Å². The summed E-state index contributed by atoms with van der Waals surface area (Å²) in [6, 6.07) is 6.24. The number of nitriles is 1. The van der Waals surface area contributed by atoms with Crippen molar-refractivity contribution in [3.63, 3.8) is 0 Å². The Morgan fingerprint density at radius 2 is 1.80 bits per heavy atom. The first kappa shape index (κ1) is 19.0. The number of carbonyl (C=O) groups excluding carboxylic acids is 2. The monoisotopic (exact) mass is 378 g/mol. The van der Waals surface area contributed by atoms with Crippen LogP contribution in [0.2, 0.25) is 10.0 Å². The second kappa shape index (κ2) is 7.26. The van der Waals surface area contributed by atoms with Gasteiger partial charge in [0.2, 0.25) is 5.91 Å². The van der Waals surface area contributed by atoms with Gasteiger partial charge in [0, 0.05) is 13.0 Å². The van der Waals surface area contributed by atoms with E-state index in [0.29, 0.717) is 5.69 Å². The van der Waals surface area contributed by atoms with Gasteiger partial charge in [0.05, 0.1) is 33.1 Å². The number of imide groups is 1. The van der Waals surface area contributed by atoms with Crippen LogP contribution in [0, 0.1) is 24.2 Å². The van der Waals surface area contributed by atoms with Gasteiger partial charge in [-0.15, -0.1) is 0 Å². The van der Waals surface area contributed by atoms with Crippen LogP contribution in [0.4, 0.5) is 5.69 Å². The molecule has 2 amide bonds. The Morgan fingerprint density at radius 3 is 2.20 bits per heavy atom. The third-order valence-corrected chi connectivity index (χ3v) is 4.08. The number of anilines is 1. The van der Waals surface area contributed by atoms with E-state index < -0.39 is 17.7 Å². The lowest BCUT2D eigenvalue weighted by atomic mass is 10.1. The number of hydrogen-bond donors (Lipinski definition) is 0. The molecule has 1 heterocycles. The van der Waals surface area contributed by atoms with Gasteiger partial charge in [0.1, 0.15) is 5.69 Å². The molecule has 0 spiro atoms. The topological polar surface area (TPSA) is 79.0 Å². The highest BCUT2D eigenvalue weighted by Gasteiger charge is 2.32. The lowest BCUT2D eigenvalue weighted by Crippen LogP contribution is -2.41. The molecule has 0 aliphatic rings. The number of halogens is 2. The first-order valence-electron chi connectivity index (χ1n) is 7.45. The highest BCUT2D eigenvalue weighted by Crippen LogP contribution is 2.36. The van der Waals surface area contributed by atoms with Crippen LogP contribution in [0.25, 0.3) is 0 Å². The number of aromatic nitrogens is 2. The maximum absolute atomic E-state index is 13.0. The van der Waals surface area contributed by atoms with Crippen LogP contribution < -0.4 is 4.90 Å². The third-order valence-electron chi connectivity index (χ3n) is 3.51. The van der Waals surface area contributed by atoms with Crippen LogP contribution in [0.1, 0.15) is 35.6 Å². The van der Waals surface area contributed by atoms with Crippen molar-refractivity contribution < 1.29 is 9.59 Å². The molecule has 0 N–H and O–H groups in total. The van der Waals surface area contributed by atoms with Crippen molar-refractivity contribution in [1.82, 2.24) is 9.78 Å². The van der Waals surface area contributed by atoms with Gasteiger partial charge in [-0.25, -0.2) is 4.90 Å². The minimum absolute atomic E-state index is 0.0466. The molecule has 0 saturated carbocycles. The van der Waals surface area contributed by atoms with E-state index in [1.54, 1.807) is 33.9 Å². The Balaban J connectivity index is 2.67. The van der Waals surface area contributed by atoms with Gasteiger partial charge < -0.3 is 0 Å². The Hall–Kier alpha value is -2.36. The van der Waals surface area contributed by atoms with Gasteiger partial charge in [-0.1, -0.05) is 37.0 Å². The van der Waals surface area contributed by atoms with E-state index in [-0.39, 0.29) is 27.0 Å². The highest BCUT2D eigenvalue weighted by atomic mass is 35.5. The van der Waals surface area contributed by atoms with E-state index >= 15 is 0 Å². The number of aryl methyl sites for hydroxylation is 2. The minimum Gasteiger partial charge on any atom is -0.274 e. The van der Waals surface area contributed by atoms with Crippen molar-refractivity contribution in [2.75, 3.05) is 4.90 Å². The van der Waals surface area contributed by atoms with E-state index in [1.165, 1.54) is 16.8 Å². The maximum Gasteiger partial charge on any atom is 0.283 e. The quantitative estimate of drug-likeness (QED) is 0.814. The van der Waals surface area contributed by atoms with Gasteiger partial charge in [-0.3, -0.25) is 14.3 Å². The smallest absolute Gasteiger partial charge is 0.274 e. The molecule has 0 bridgehead atoms. The van der Waals surface area contributed by atoms with Crippen molar-refractivity contribution >= 4 is 40.7 Å². The summed E-state index contributed by atoms with van der Waals surface area (Å²) in [5.74, 6) is -1.52. The van der Waals surface area contributed by atoms with Crippen LogP contribution in [-0.2, 0) is 11.8 Å². The largest absolute Gasteiger partial charge is 0.283 e. The Kier molecular flexibility index (Phi) is 5.51. The molecule has 25 heavy (non-hydrogen) atoms. The first-order chi connectivity index (χ1) is 11.7. The summed E-state index contributed by atoms with van der Waals surface area (Å²) < 4.78 is 1.39. The van der Waals surface area contributed by atoms with Crippen LogP contribution in [0.3, 0.4) is 0 Å². The molecule has 0 aliphatic carbocycles. The molecule has 0 unspecified atom stereocenters. The Labute approximate surface area is 155 Å². The minimum atomic E-state index is -0.588. The number of carbonyl (C=O) groups is 2. The lowest BCUT2D eigenvalue weighted by molar-refractivity contribution is -0.120. The number of benzene rings is 1. The zero-order valence-electron chi connectivity index (χ0n) is 14.2. The van der Waals surface area contributed by atoms with Crippen molar-refractivity contribution in [3.05, 3.63) is 45.2 Å². The fourth-order valence-corrected chi connectivity index (χ4v) is 3.00. The number of nitrogens with zero attached hydrogens (tertiary/aromatic N) is 4. The molecule has 1 aromatic heterocycles. The van der Waals surface area contributed by atoms with Gasteiger partial charge in [-0.05, 0) is 25.1 Å². The van der Waals surface area contributed by atoms with Crippen LogP contribution in [-0.4, -0.2) is 21.6 Å². The molecule has 2 aromatic rings. The number of hydrogen-bond acceptors (Lipinski definition) is 4. The SMILES string of the molecule is Cc1cc(C(=O)N(C(=O)C(C)C)c2c(Cl)cc(C#N)cc2Cl)n(C)n1. The average molecular weight is 379 g/mol. The molecular formula is C17H16Cl2N4O2. The molecule has 6 nitrogen and oxygen atoms in total. The second-order valence-electron chi connectivity index (χ2n) is 5.83. The van der Waals surface area contributed by atoms with E-state index in [4.69, 9.17) is 28.5 Å². The highest BCUT2D eigenvalue weighted by molar-refractivity contribution is 6.42. The Morgan fingerprint density at radius 1 is 1.24 bits per heavy atom. The summed E-state index contributed by atoms with van der Waals surface area (Å²) in [7, 11) is 1.61. The predicted octanol–water partition coefficient (Wildman–Crippen LogP) is 3.74. The maximum atomic E-state index is 13.0. The molecule has 130 valence electrons. The predicted molar refractivity (Wildman–Crippen MR) is 95.8 cm³/mol. The molecule has 2 rings (SSSR count). The fraction of sp³-hybridized carbons (Fsp3) is 0.294. The molecular weight excluding hydrogens is 363 g/mol. The molecule has 1 aromatic carbocycles. The molecule has 0 saturated heterocycles. The zero-order valence-corrected chi connectivity index (χ0v) is 15.7. The summed E-state index contributed by atoms with van der Waals surface area (Å²) in [6.45, 7) is 5.08. The van der Waals surface area contributed by atoms with Gasteiger partial charge >= 0.3 is 0 Å². The van der Waals surface area contributed by atoms with E-state index in [0.717, 1.165) is 4.90 Å². The van der Waals surface area contributed by atoms with Crippen molar-refractivity contribution in [1.29, 1.82) is 5.26 Å². The molecule has 0 radical (unpaired) electrons. The number of rotatable bonds is 3. The van der Waals surface area contributed by atoms with Crippen molar-refractivity contribution in [3.8, 4) is 6.07 Å². The number of amides is 2. The van der Waals surface area contributed by atoms with E-state index in [1.807, 2.05) is 6.07 Å². The standard InChI is InChI=1S/C17H16Cl2N4O2/c1-9(2)16(24)23(17(25)14-5-10(3)21-22(14)4)15-12(18)6-11(8-20)7-13(15)19/h5-7,9H,1-4H3. The van der Waals surface area contributed by atoms with Gasteiger partial charge in [-0.2, -0.15) is 10.4 Å². The molecule has 8 heteroatoms. The van der Waals surface area contributed by atoms with Crippen molar-refractivity contribution in [2.24, 2.45) is 13.0 Å². The van der Waals surface area contributed by atoms with E-state index in [9.17, 15) is 9.59 Å². The summed E-state index contributed by atoms with van der Waals surface area (Å²) in [4.78, 5) is 26.7. The third kappa shape index (κ3) is 3.68. The van der Waals surface area contributed by atoms with Crippen LogP contribution in [0.5, 0.6) is 0 Å². The lowest BCUT2D eigenvalue weighted by Gasteiger charge is -2.25. The summed E-state index contributed by atoms with van der Waals surface area (Å²) in [5.41, 5.74) is 1.16. The Bertz CT molecular complexity index is 874. The molecule has 0 atom stereocenters. The average Bonchev–Trinajstić information content (AvgIpc) is 2.87. The molecule has 0 aliphatic heterocycles. The normalized spacial score (nSPS) is 10.6. The molecule has 0 fully saturated rings. The summed E-state index contributed by atoms with van der Waals surface area (Å²) in [6.07, 6.45) is 0. The van der Waals surface area contributed by atoms with Crippen LogP contribution in [0.15, 0.2) is 18.2 Å². The van der Waals surface area contributed by atoms with Gasteiger partial charge in [0.25, 0.3) is 5.91 Å². The van der Waals surface area contributed by atoms with Crippen molar-refractivity contribution in [2.45, 2.75) is 20.8 Å². The second-order valence-corrected chi connectivity index (χ2v) is 6.64. The first-order valence-corrected chi connectivity index (χ1v) is 8.21. The zero-order chi connectivity index (χ0) is 18.9.